The van der Waals surface area contributed by atoms with Gasteiger partial charge in [0.1, 0.15) is 11.5 Å². The monoisotopic (exact) mass is 249 g/mol. The van der Waals surface area contributed by atoms with Gasteiger partial charge in [0.2, 0.25) is 0 Å². The SMILES string of the molecule is CNC1CCC(c2cc(OC)cc(OC)c2)C1C. The van der Waals surface area contributed by atoms with Gasteiger partial charge in [0, 0.05) is 12.1 Å². The summed E-state index contributed by atoms with van der Waals surface area (Å²) < 4.78 is 10.7. The molecule has 0 aliphatic heterocycles. The zero-order valence-electron chi connectivity index (χ0n) is 11.7. The molecule has 1 aliphatic rings. The number of nitrogens with one attached hydrogen (secondary N) is 1. The van der Waals surface area contributed by atoms with E-state index in [2.05, 4.69) is 31.4 Å². The average molecular weight is 249 g/mol. The highest BCUT2D eigenvalue weighted by molar-refractivity contribution is 5.40. The highest BCUT2D eigenvalue weighted by atomic mass is 16.5. The first-order valence-corrected chi connectivity index (χ1v) is 6.59. The number of hydrogen-bond donors (Lipinski definition) is 1. The van der Waals surface area contributed by atoms with Gasteiger partial charge in [-0.3, -0.25) is 0 Å². The Morgan fingerprint density at radius 3 is 2.11 bits per heavy atom. The summed E-state index contributed by atoms with van der Waals surface area (Å²) in [6.45, 7) is 2.32. The van der Waals surface area contributed by atoms with Crippen LogP contribution in [-0.4, -0.2) is 27.3 Å². The van der Waals surface area contributed by atoms with E-state index >= 15 is 0 Å². The van der Waals surface area contributed by atoms with Crippen LogP contribution in [0.2, 0.25) is 0 Å². The summed E-state index contributed by atoms with van der Waals surface area (Å²) in [6, 6.07) is 6.83. The number of hydrogen-bond acceptors (Lipinski definition) is 3. The Balaban J connectivity index is 2.27. The largest absolute Gasteiger partial charge is 0.497 e. The van der Waals surface area contributed by atoms with Gasteiger partial charge in [-0.1, -0.05) is 6.92 Å². The van der Waals surface area contributed by atoms with Gasteiger partial charge in [0.15, 0.2) is 0 Å². The maximum absolute atomic E-state index is 5.35. The predicted octanol–water partition coefficient (Wildman–Crippen LogP) is 2.81. The van der Waals surface area contributed by atoms with Crippen molar-refractivity contribution in [3.8, 4) is 11.5 Å². The first-order chi connectivity index (χ1) is 8.69. The molecule has 0 amide bonds. The molecule has 1 aromatic rings. The van der Waals surface area contributed by atoms with Crippen LogP contribution in [0.5, 0.6) is 11.5 Å². The summed E-state index contributed by atoms with van der Waals surface area (Å²) in [6.07, 6.45) is 2.46. The standard InChI is InChI=1S/C15H23NO2/c1-10-14(5-6-15(10)16-2)11-7-12(17-3)9-13(8-11)18-4/h7-10,14-16H,5-6H2,1-4H3. The van der Waals surface area contributed by atoms with E-state index in [9.17, 15) is 0 Å². The van der Waals surface area contributed by atoms with Gasteiger partial charge in [-0.25, -0.2) is 0 Å². The minimum absolute atomic E-state index is 0.589. The van der Waals surface area contributed by atoms with Crippen LogP contribution in [0.3, 0.4) is 0 Å². The average Bonchev–Trinajstić information content (AvgIpc) is 2.79. The molecule has 0 heterocycles. The van der Waals surface area contributed by atoms with Crippen molar-refractivity contribution in [2.45, 2.75) is 31.7 Å². The fourth-order valence-corrected chi connectivity index (χ4v) is 3.09. The van der Waals surface area contributed by atoms with Crippen LogP contribution in [0.15, 0.2) is 18.2 Å². The fourth-order valence-electron chi connectivity index (χ4n) is 3.09. The smallest absolute Gasteiger partial charge is 0.122 e. The van der Waals surface area contributed by atoms with Crippen LogP contribution >= 0.6 is 0 Å². The molecular formula is C15H23NO2. The molecule has 18 heavy (non-hydrogen) atoms. The molecule has 0 bridgehead atoms. The third kappa shape index (κ3) is 2.46. The van der Waals surface area contributed by atoms with Gasteiger partial charge < -0.3 is 14.8 Å². The van der Waals surface area contributed by atoms with E-state index in [1.54, 1.807) is 14.2 Å². The van der Waals surface area contributed by atoms with E-state index in [-0.39, 0.29) is 0 Å². The maximum Gasteiger partial charge on any atom is 0.122 e. The normalized spacial score (nSPS) is 27.2. The summed E-state index contributed by atoms with van der Waals surface area (Å²) in [5.74, 6) is 2.99. The lowest BCUT2D eigenvalue weighted by molar-refractivity contribution is 0.389. The van der Waals surface area contributed by atoms with Crippen molar-refractivity contribution in [2.24, 2.45) is 5.92 Å². The van der Waals surface area contributed by atoms with Gasteiger partial charge >= 0.3 is 0 Å². The zero-order chi connectivity index (χ0) is 13.1. The number of rotatable bonds is 4. The van der Waals surface area contributed by atoms with Gasteiger partial charge in [0.05, 0.1) is 14.2 Å². The van der Waals surface area contributed by atoms with Crippen LogP contribution in [0, 0.1) is 5.92 Å². The summed E-state index contributed by atoms with van der Waals surface area (Å²) in [5, 5.41) is 3.41. The van der Waals surface area contributed by atoms with Crippen molar-refractivity contribution >= 4 is 0 Å². The molecule has 1 aromatic carbocycles. The molecule has 0 radical (unpaired) electrons. The van der Waals surface area contributed by atoms with Crippen molar-refractivity contribution in [1.29, 1.82) is 0 Å². The Labute approximate surface area is 109 Å². The lowest BCUT2D eigenvalue weighted by Crippen LogP contribution is -2.28. The minimum Gasteiger partial charge on any atom is -0.497 e. The summed E-state index contributed by atoms with van der Waals surface area (Å²) in [5.41, 5.74) is 1.33. The number of benzene rings is 1. The zero-order valence-corrected chi connectivity index (χ0v) is 11.7. The Morgan fingerprint density at radius 1 is 1.06 bits per heavy atom. The summed E-state index contributed by atoms with van der Waals surface area (Å²) in [4.78, 5) is 0. The van der Waals surface area contributed by atoms with Gasteiger partial charge in [-0.15, -0.1) is 0 Å². The Kier molecular flexibility index (Phi) is 4.12. The molecule has 3 atom stereocenters. The summed E-state index contributed by atoms with van der Waals surface area (Å²) in [7, 11) is 5.45. The van der Waals surface area contributed by atoms with Crippen molar-refractivity contribution in [3.05, 3.63) is 23.8 Å². The van der Waals surface area contributed by atoms with Gasteiger partial charge in [-0.2, -0.15) is 0 Å². The van der Waals surface area contributed by atoms with Crippen molar-refractivity contribution in [3.63, 3.8) is 0 Å². The second-order valence-corrected chi connectivity index (χ2v) is 5.08. The van der Waals surface area contributed by atoms with E-state index in [4.69, 9.17) is 9.47 Å². The molecule has 0 spiro atoms. The first-order valence-electron chi connectivity index (χ1n) is 6.59. The van der Waals surface area contributed by atoms with E-state index in [0.29, 0.717) is 17.9 Å². The van der Waals surface area contributed by atoms with Crippen LogP contribution in [-0.2, 0) is 0 Å². The van der Waals surface area contributed by atoms with Crippen molar-refractivity contribution in [2.75, 3.05) is 21.3 Å². The molecule has 0 aromatic heterocycles. The molecule has 3 nitrogen and oxygen atoms in total. The van der Waals surface area contributed by atoms with Crippen LogP contribution in [0.25, 0.3) is 0 Å². The molecule has 3 heteroatoms. The molecule has 100 valence electrons. The van der Waals surface area contributed by atoms with Gasteiger partial charge in [-0.05, 0) is 49.4 Å². The molecule has 1 fully saturated rings. The predicted molar refractivity (Wildman–Crippen MR) is 73.5 cm³/mol. The third-order valence-electron chi connectivity index (χ3n) is 4.23. The molecule has 1 N–H and O–H groups in total. The van der Waals surface area contributed by atoms with Crippen molar-refractivity contribution in [1.82, 2.24) is 5.32 Å². The lowest BCUT2D eigenvalue weighted by atomic mass is 9.88. The number of ether oxygens (including phenoxy) is 2. The van der Waals surface area contributed by atoms with E-state index in [1.165, 1.54) is 18.4 Å². The maximum atomic E-state index is 5.35. The third-order valence-corrected chi connectivity index (χ3v) is 4.23. The highest BCUT2D eigenvalue weighted by Crippen LogP contribution is 2.41. The fraction of sp³-hybridized carbons (Fsp3) is 0.600. The topological polar surface area (TPSA) is 30.5 Å². The second-order valence-electron chi connectivity index (χ2n) is 5.08. The Hall–Kier alpha value is -1.22. The molecule has 1 saturated carbocycles. The van der Waals surface area contributed by atoms with E-state index < -0.39 is 0 Å². The molecule has 3 unspecified atom stereocenters. The molecule has 1 aliphatic carbocycles. The van der Waals surface area contributed by atoms with Crippen LogP contribution < -0.4 is 14.8 Å². The Bertz CT molecular complexity index is 383. The number of methoxy groups -OCH3 is 2. The molecular weight excluding hydrogens is 226 g/mol. The van der Waals surface area contributed by atoms with Crippen molar-refractivity contribution < 1.29 is 9.47 Å². The highest BCUT2D eigenvalue weighted by Gasteiger charge is 2.33. The second kappa shape index (κ2) is 5.61. The van der Waals surface area contributed by atoms with Gasteiger partial charge in [0.25, 0.3) is 0 Å². The summed E-state index contributed by atoms with van der Waals surface area (Å²) >= 11 is 0. The first kappa shape index (κ1) is 13.2. The molecule has 0 saturated heterocycles. The van der Waals surface area contributed by atoms with E-state index in [0.717, 1.165) is 11.5 Å². The minimum atomic E-state index is 0.589. The quantitative estimate of drug-likeness (QED) is 0.890. The Morgan fingerprint density at radius 2 is 1.67 bits per heavy atom. The van der Waals surface area contributed by atoms with Crippen LogP contribution in [0.1, 0.15) is 31.2 Å². The van der Waals surface area contributed by atoms with E-state index in [1.807, 2.05) is 6.07 Å². The van der Waals surface area contributed by atoms with Crippen LogP contribution in [0.4, 0.5) is 0 Å². The lowest BCUT2D eigenvalue weighted by Gasteiger charge is -2.21. The molecule has 2 rings (SSSR count).